The number of benzene rings is 2. The molecule has 0 bridgehead atoms. The molecule has 2 aromatic rings. The van der Waals surface area contributed by atoms with Crippen LogP contribution < -0.4 is 10.1 Å². The van der Waals surface area contributed by atoms with E-state index in [1.54, 1.807) is 26.1 Å². The predicted octanol–water partition coefficient (Wildman–Crippen LogP) is 4.21. The second kappa shape index (κ2) is 10.5. The van der Waals surface area contributed by atoms with Crippen LogP contribution in [0.4, 0.5) is 0 Å². The quantitative estimate of drug-likeness (QED) is 0.633. The van der Waals surface area contributed by atoms with Crippen LogP contribution in [-0.4, -0.2) is 36.4 Å². The minimum absolute atomic E-state index is 0.168. The van der Waals surface area contributed by atoms with E-state index in [0.717, 1.165) is 16.5 Å². The van der Waals surface area contributed by atoms with Gasteiger partial charge in [0.1, 0.15) is 11.8 Å². The Hall–Kier alpha value is -2.05. The number of nitrogens with zero attached hydrogens (tertiary/aromatic N) is 1. The third-order valence-corrected chi connectivity index (χ3v) is 5.31. The lowest BCUT2D eigenvalue weighted by Crippen LogP contribution is -2.48. The Balaban J connectivity index is 2.13. The molecule has 0 spiro atoms. The SMILES string of the molecule is CCc1ccc(OCC(=O)N(Cc2ccc(Cl)cc2)C(C)C(=O)NC)c(Br)c1. The van der Waals surface area contributed by atoms with Gasteiger partial charge >= 0.3 is 0 Å². The molecule has 0 heterocycles. The maximum atomic E-state index is 12.9. The number of carbonyl (C=O) groups excluding carboxylic acids is 2. The molecule has 150 valence electrons. The number of nitrogens with one attached hydrogen (secondary N) is 1. The van der Waals surface area contributed by atoms with Gasteiger partial charge in [0.25, 0.3) is 5.91 Å². The summed E-state index contributed by atoms with van der Waals surface area (Å²) < 4.78 is 6.50. The Labute approximate surface area is 179 Å². The van der Waals surface area contributed by atoms with Gasteiger partial charge in [-0.1, -0.05) is 36.7 Å². The van der Waals surface area contributed by atoms with Gasteiger partial charge in [0.15, 0.2) is 6.61 Å². The van der Waals surface area contributed by atoms with E-state index in [4.69, 9.17) is 16.3 Å². The Bertz CT molecular complexity index is 827. The summed E-state index contributed by atoms with van der Waals surface area (Å²) in [5.74, 6) is 0.0675. The molecule has 1 N–H and O–H groups in total. The second-order valence-electron chi connectivity index (χ2n) is 6.35. The van der Waals surface area contributed by atoms with Crippen LogP contribution in [0, 0.1) is 0 Å². The Morgan fingerprint density at radius 3 is 2.39 bits per heavy atom. The van der Waals surface area contributed by atoms with Crippen molar-refractivity contribution >= 4 is 39.3 Å². The highest BCUT2D eigenvalue weighted by Gasteiger charge is 2.26. The summed E-state index contributed by atoms with van der Waals surface area (Å²) in [6, 6.07) is 12.3. The number of amides is 2. The fraction of sp³-hybridized carbons (Fsp3) is 0.333. The number of aryl methyl sites for hydroxylation is 1. The van der Waals surface area contributed by atoms with E-state index in [9.17, 15) is 9.59 Å². The van der Waals surface area contributed by atoms with Crippen molar-refractivity contribution in [3.05, 3.63) is 63.1 Å². The Morgan fingerprint density at radius 1 is 1.18 bits per heavy atom. The maximum Gasteiger partial charge on any atom is 0.261 e. The van der Waals surface area contributed by atoms with Crippen molar-refractivity contribution < 1.29 is 14.3 Å². The molecule has 0 aliphatic heterocycles. The zero-order valence-corrected chi connectivity index (χ0v) is 18.5. The standard InChI is InChI=1S/C21H24BrClN2O3/c1-4-15-7-10-19(18(22)11-15)28-13-20(26)25(14(2)21(27)24-3)12-16-5-8-17(23)9-6-16/h5-11,14H,4,12-13H2,1-3H3,(H,24,27). The molecule has 2 rings (SSSR count). The first kappa shape index (κ1) is 22.2. The van der Waals surface area contributed by atoms with Crippen LogP contribution in [0.1, 0.15) is 25.0 Å². The monoisotopic (exact) mass is 466 g/mol. The van der Waals surface area contributed by atoms with Crippen molar-refractivity contribution in [2.45, 2.75) is 32.9 Å². The van der Waals surface area contributed by atoms with Crippen LogP contribution in [-0.2, 0) is 22.6 Å². The number of halogens is 2. The molecule has 2 amide bonds. The van der Waals surface area contributed by atoms with Crippen molar-refractivity contribution in [1.82, 2.24) is 10.2 Å². The summed E-state index contributed by atoms with van der Waals surface area (Å²) in [7, 11) is 1.55. The molecule has 2 aromatic carbocycles. The van der Waals surface area contributed by atoms with Crippen LogP contribution in [0.25, 0.3) is 0 Å². The Morgan fingerprint density at radius 2 is 1.82 bits per heavy atom. The zero-order valence-electron chi connectivity index (χ0n) is 16.2. The summed E-state index contributed by atoms with van der Waals surface area (Å²) >= 11 is 9.40. The number of hydrogen-bond acceptors (Lipinski definition) is 3. The van der Waals surface area contributed by atoms with Crippen LogP contribution in [0.5, 0.6) is 5.75 Å². The number of likely N-dealkylation sites (N-methyl/N-ethyl adjacent to an activating group) is 1. The average molecular weight is 468 g/mol. The fourth-order valence-electron chi connectivity index (χ4n) is 2.68. The molecule has 0 fully saturated rings. The smallest absolute Gasteiger partial charge is 0.261 e. The van der Waals surface area contributed by atoms with Crippen molar-refractivity contribution in [3.8, 4) is 5.75 Å². The Kier molecular flexibility index (Phi) is 8.33. The number of rotatable bonds is 8. The van der Waals surface area contributed by atoms with E-state index < -0.39 is 6.04 Å². The molecule has 0 aliphatic rings. The van der Waals surface area contributed by atoms with Crippen molar-refractivity contribution in [2.24, 2.45) is 0 Å². The lowest BCUT2D eigenvalue weighted by molar-refractivity contribution is -0.142. The van der Waals surface area contributed by atoms with Gasteiger partial charge in [-0.3, -0.25) is 9.59 Å². The van der Waals surface area contributed by atoms with Crippen LogP contribution in [0.15, 0.2) is 46.9 Å². The van der Waals surface area contributed by atoms with E-state index in [-0.39, 0.29) is 25.0 Å². The molecule has 0 aliphatic carbocycles. The largest absolute Gasteiger partial charge is 0.483 e. The molecule has 0 saturated carbocycles. The van der Waals surface area contributed by atoms with Gasteiger partial charge in [-0.25, -0.2) is 0 Å². The topological polar surface area (TPSA) is 58.6 Å². The van der Waals surface area contributed by atoms with Gasteiger partial charge in [-0.2, -0.15) is 0 Å². The fourth-order valence-corrected chi connectivity index (χ4v) is 3.35. The molecular weight excluding hydrogens is 444 g/mol. The lowest BCUT2D eigenvalue weighted by Gasteiger charge is -2.28. The van der Waals surface area contributed by atoms with E-state index in [1.165, 1.54) is 10.5 Å². The number of hydrogen-bond donors (Lipinski definition) is 1. The van der Waals surface area contributed by atoms with Crippen molar-refractivity contribution in [1.29, 1.82) is 0 Å². The second-order valence-corrected chi connectivity index (χ2v) is 7.64. The summed E-state index contributed by atoms with van der Waals surface area (Å²) in [5.41, 5.74) is 2.05. The minimum Gasteiger partial charge on any atom is -0.483 e. The van der Waals surface area contributed by atoms with Gasteiger partial charge in [0.05, 0.1) is 4.47 Å². The lowest BCUT2D eigenvalue weighted by atomic mass is 10.1. The van der Waals surface area contributed by atoms with Crippen LogP contribution >= 0.6 is 27.5 Å². The minimum atomic E-state index is -0.636. The number of ether oxygens (including phenoxy) is 1. The zero-order chi connectivity index (χ0) is 20.7. The summed E-state index contributed by atoms with van der Waals surface area (Å²) in [5, 5.41) is 3.20. The van der Waals surface area contributed by atoms with Gasteiger partial charge in [0.2, 0.25) is 5.91 Å². The van der Waals surface area contributed by atoms with E-state index in [0.29, 0.717) is 10.8 Å². The molecular formula is C21H24BrClN2O3. The normalized spacial score (nSPS) is 11.6. The maximum absolute atomic E-state index is 12.9. The summed E-state index contributed by atoms with van der Waals surface area (Å²) in [6.07, 6.45) is 0.913. The van der Waals surface area contributed by atoms with Crippen molar-refractivity contribution in [2.75, 3.05) is 13.7 Å². The molecule has 0 aromatic heterocycles. The van der Waals surface area contributed by atoms with Crippen LogP contribution in [0.2, 0.25) is 5.02 Å². The first-order valence-electron chi connectivity index (χ1n) is 9.02. The first-order chi connectivity index (χ1) is 13.3. The van der Waals surface area contributed by atoms with Crippen LogP contribution in [0.3, 0.4) is 0 Å². The average Bonchev–Trinajstić information content (AvgIpc) is 2.70. The molecule has 7 heteroatoms. The molecule has 1 atom stereocenters. The first-order valence-corrected chi connectivity index (χ1v) is 10.2. The molecule has 28 heavy (non-hydrogen) atoms. The summed E-state index contributed by atoms with van der Waals surface area (Å²) in [6.45, 7) is 3.88. The predicted molar refractivity (Wildman–Crippen MR) is 115 cm³/mol. The van der Waals surface area contributed by atoms with Gasteiger partial charge in [-0.05, 0) is 64.7 Å². The van der Waals surface area contributed by atoms with Gasteiger partial charge in [-0.15, -0.1) is 0 Å². The van der Waals surface area contributed by atoms with Gasteiger partial charge in [0, 0.05) is 18.6 Å². The van der Waals surface area contributed by atoms with Crippen molar-refractivity contribution in [3.63, 3.8) is 0 Å². The molecule has 1 unspecified atom stereocenters. The van der Waals surface area contributed by atoms with E-state index in [1.807, 2.05) is 30.3 Å². The highest BCUT2D eigenvalue weighted by Crippen LogP contribution is 2.26. The molecule has 5 nitrogen and oxygen atoms in total. The third-order valence-electron chi connectivity index (χ3n) is 4.44. The summed E-state index contributed by atoms with van der Waals surface area (Å²) in [4.78, 5) is 26.5. The highest BCUT2D eigenvalue weighted by molar-refractivity contribution is 9.10. The number of carbonyl (C=O) groups is 2. The van der Waals surface area contributed by atoms with E-state index in [2.05, 4.69) is 28.2 Å². The third kappa shape index (κ3) is 5.97. The van der Waals surface area contributed by atoms with E-state index >= 15 is 0 Å². The molecule has 0 radical (unpaired) electrons. The van der Waals surface area contributed by atoms with Gasteiger partial charge < -0.3 is 15.0 Å². The molecule has 0 saturated heterocycles. The highest BCUT2D eigenvalue weighted by atomic mass is 79.9.